The summed E-state index contributed by atoms with van der Waals surface area (Å²) in [5, 5.41) is -0.535. The van der Waals surface area contributed by atoms with Crippen LogP contribution >= 0.6 is 35.4 Å². The van der Waals surface area contributed by atoms with E-state index in [1.165, 1.54) is 12.1 Å². The summed E-state index contributed by atoms with van der Waals surface area (Å²) in [5.74, 6) is 0. The molecule has 1 atom stereocenters. The van der Waals surface area contributed by atoms with Crippen LogP contribution in [0.2, 0.25) is 10.0 Å². The zero-order valence-electron chi connectivity index (χ0n) is 9.48. The summed E-state index contributed by atoms with van der Waals surface area (Å²) in [7, 11) is -3.75. The largest absolute Gasteiger partial charge is 0.392 e. The van der Waals surface area contributed by atoms with Gasteiger partial charge in [-0.25, -0.2) is 8.42 Å². The molecule has 100 valence electrons. The van der Waals surface area contributed by atoms with Crippen LogP contribution in [0.4, 0.5) is 5.69 Å². The Bertz CT molecular complexity index is 541. The summed E-state index contributed by atoms with van der Waals surface area (Å²) in [4.78, 5) is -0.0897. The molecule has 0 fully saturated rings. The van der Waals surface area contributed by atoms with Gasteiger partial charge in [-0.05, 0) is 18.6 Å². The summed E-state index contributed by atoms with van der Waals surface area (Å²) in [6, 6.07) is 4.69. The first-order valence-electron chi connectivity index (χ1n) is 5.04. The lowest BCUT2D eigenvalue weighted by molar-refractivity contribution is 0.594. The van der Waals surface area contributed by atoms with Crippen LogP contribution in [0.1, 0.15) is 13.3 Å². The van der Waals surface area contributed by atoms with Crippen molar-refractivity contribution in [3.05, 3.63) is 28.2 Å². The Hall–Kier alpha value is -0.560. The number of sulfonamides is 1. The zero-order chi connectivity index (χ0) is 13.9. The SMILES string of the molecule is CCC(C(N)=S)S(=O)(=O)Nc1c(Cl)cccc1Cl. The van der Waals surface area contributed by atoms with E-state index in [1.807, 2.05) is 0 Å². The summed E-state index contributed by atoms with van der Waals surface area (Å²) >= 11 is 16.5. The van der Waals surface area contributed by atoms with Crippen molar-refractivity contribution in [1.82, 2.24) is 0 Å². The molecule has 3 N–H and O–H groups in total. The highest BCUT2D eigenvalue weighted by molar-refractivity contribution is 7.95. The first-order valence-corrected chi connectivity index (χ1v) is 7.75. The highest BCUT2D eigenvalue weighted by atomic mass is 35.5. The van der Waals surface area contributed by atoms with Crippen LogP contribution < -0.4 is 10.5 Å². The van der Waals surface area contributed by atoms with Crippen LogP contribution in [-0.2, 0) is 10.0 Å². The van der Waals surface area contributed by atoms with E-state index in [1.54, 1.807) is 13.0 Å². The quantitative estimate of drug-likeness (QED) is 0.816. The number of nitrogens with two attached hydrogens (primary N) is 1. The van der Waals surface area contributed by atoms with Gasteiger partial charge < -0.3 is 5.73 Å². The monoisotopic (exact) mass is 326 g/mol. The summed E-state index contributed by atoms with van der Waals surface area (Å²) in [5.41, 5.74) is 5.54. The number of para-hydroxylation sites is 1. The van der Waals surface area contributed by atoms with Crippen molar-refractivity contribution >= 4 is 56.1 Å². The molecule has 0 aliphatic carbocycles. The van der Waals surface area contributed by atoms with Gasteiger partial charge in [0, 0.05) is 0 Å². The number of anilines is 1. The molecule has 0 aliphatic rings. The maximum absolute atomic E-state index is 12.1. The molecule has 0 radical (unpaired) electrons. The van der Waals surface area contributed by atoms with Gasteiger partial charge in [-0.1, -0.05) is 48.4 Å². The van der Waals surface area contributed by atoms with Crippen LogP contribution in [0.3, 0.4) is 0 Å². The molecule has 1 unspecified atom stereocenters. The summed E-state index contributed by atoms with van der Waals surface area (Å²) < 4.78 is 26.5. The molecule has 0 aromatic heterocycles. The standard InChI is InChI=1S/C10H12Cl2N2O2S2/c1-2-8(10(13)17)18(15,16)14-9-6(11)4-3-5-7(9)12/h3-5,8,14H,2H2,1H3,(H2,13,17). The average Bonchev–Trinajstić information content (AvgIpc) is 2.23. The maximum Gasteiger partial charge on any atom is 0.242 e. The van der Waals surface area contributed by atoms with Crippen molar-refractivity contribution in [3.8, 4) is 0 Å². The van der Waals surface area contributed by atoms with Crippen molar-refractivity contribution in [2.75, 3.05) is 4.72 Å². The van der Waals surface area contributed by atoms with Crippen molar-refractivity contribution in [1.29, 1.82) is 0 Å². The molecular formula is C10H12Cl2N2O2S2. The molecule has 0 spiro atoms. The van der Waals surface area contributed by atoms with E-state index in [9.17, 15) is 8.42 Å². The minimum atomic E-state index is -3.75. The van der Waals surface area contributed by atoms with Crippen LogP contribution in [-0.4, -0.2) is 18.7 Å². The first-order chi connectivity index (χ1) is 8.29. The Morgan fingerprint density at radius 3 is 2.33 bits per heavy atom. The summed E-state index contributed by atoms with van der Waals surface area (Å²) in [6.45, 7) is 1.68. The smallest absolute Gasteiger partial charge is 0.242 e. The Balaban J connectivity index is 3.14. The molecule has 0 saturated carbocycles. The molecule has 8 heteroatoms. The summed E-state index contributed by atoms with van der Waals surface area (Å²) in [6.07, 6.45) is 0.271. The van der Waals surface area contributed by atoms with E-state index in [0.717, 1.165) is 0 Å². The van der Waals surface area contributed by atoms with Gasteiger partial charge in [0.2, 0.25) is 10.0 Å². The van der Waals surface area contributed by atoms with E-state index >= 15 is 0 Å². The molecule has 1 aromatic carbocycles. The van der Waals surface area contributed by atoms with Gasteiger partial charge in [0.1, 0.15) is 5.25 Å². The Morgan fingerprint density at radius 2 is 1.94 bits per heavy atom. The second kappa shape index (κ2) is 6.06. The van der Waals surface area contributed by atoms with Crippen LogP contribution in [0.15, 0.2) is 18.2 Å². The number of rotatable bonds is 5. The number of hydrogen-bond donors (Lipinski definition) is 2. The Kier molecular flexibility index (Phi) is 5.21. The fourth-order valence-corrected chi connectivity index (χ4v) is 3.92. The molecule has 4 nitrogen and oxygen atoms in total. The van der Waals surface area contributed by atoms with Crippen LogP contribution in [0.25, 0.3) is 0 Å². The molecular weight excluding hydrogens is 315 g/mol. The molecule has 0 heterocycles. The van der Waals surface area contributed by atoms with Gasteiger partial charge >= 0.3 is 0 Å². The first kappa shape index (κ1) is 15.5. The lowest BCUT2D eigenvalue weighted by Crippen LogP contribution is -2.37. The maximum atomic E-state index is 12.1. The van der Waals surface area contributed by atoms with E-state index in [2.05, 4.69) is 4.72 Å². The van der Waals surface area contributed by atoms with Crippen molar-refractivity contribution in [3.63, 3.8) is 0 Å². The number of thiocarbonyl (C=S) groups is 1. The highest BCUT2D eigenvalue weighted by Crippen LogP contribution is 2.31. The molecule has 0 saturated heterocycles. The van der Waals surface area contributed by atoms with Crippen LogP contribution in [0, 0.1) is 0 Å². The molecule has 0 amide bonds. The molecule has 1 rings (SSSR count). The highest BCUT2D eigenvalue weighted by Gasteiger charge is 2.27. The van der Waals surface area contributed by atoms with Gasteiger partial charge in [0.05, 0.1) is 20.7 Å². The lowest BCUT2D eigenvalue weighted by Gasteiger charge is -2.17. The van der Waals surface area contributed by atoms with Gasteiger partial charge in [-0.15, -0.1) is 0 Å². The van der Waals surface area contributed by atoms with Crippen molar-refractivity contribution in [2.24, 2.45) is 5.73 Å². The fraction of sp³-hybridized carbons (Fsp3) is 0.300. The number of nitrogens with one attached hydrogen (secondary N) is 1. The van der Waals surface area contributed by atoms with Crippen molar-refractivity contribution in [2.45, 2.75) is 18.6 Å². The van der Waals surface area contributed by atoms with Crippen LogP contribution in [0.5, 0.6) is 0 Å². The Labute approximate surface area is 122 Å². The molecule has 0 aliphatic heterocycles. The average molecular weight is 327 g/mol. The number of halogens is 2. The predicted molar refractivity (Wildman–Crippen MR) is 79.9 cm³/mol. The third-order valence-corrected chi connectivity index (χ3v) is 5.16. The van der Waals surface area contributed by atoms with E-state index in [4.69, 9.17) is 41.2 Å². The third-order valence-electron chi connectivity index (χ3n) is 2.27. The molecule has 18 heavy (non-hydrogen) atoms. The van der Waals surface area contributed by atoms with Gasteiger partial charge in [0.25, 0.3) is 0 Å². The van der Waals surface area contributed by atoms with E-state index < -0.39 is 15.3 Å². The van der Waals surface area contributed by atoms with E-state index in [-0.39, 0.29) is 27.1 Å². The topological polar surface area (TPSA) is 72.2 Å². The fourth-order valence-electron chi connectivity index (χ4n) is 1.38. The van der Waals surface area contributed by atoms with Gasteiger partial charge in [-0.3, -0.25) is 4.72 Å². The van der Waals surface area contributed by atoms with Crippen molar-refractivity contribution < 1.29 is 8.42 Å². The number of hydrogen-bond acceptors (Lipinski definition) is 3. The molecule has 0 bridgehead atoms. The minimum Gasteiger partial charge on any atom is -0.392 e. The zero-order valence-corrected chi connectivity index (χ0v) is 12.6. The second-order valence-corrected chi connectivity index (χ2v) is 6.69. The van der Waals surface area contributed by atoms with Gasteiger partial charge in [0.15, 0.2) is 0 Å². The van der Waals surface area contributed by atoms with Gasteiger partial charge in [-0.2, -0.15) is 0 Å². The van der Waals surface area contributed by atoms with E-state index in [0.29, 0.717) is 0 Å². The number of benzene rings is 1. The normalized spacial score (nSPS) is 13.1. The lowest BCUT2D eigenvalue weighted by atomic mass is 10.3. The second-order valence-electron chi connectivity index (χ2n) is 3.54. The third kappa shape index (κ3) is 3.47. The predicted octanol–water partition coefficient (Wildman–Crippen LogP) is 2.80. The Morgan fingerprint density at radius 1 is 1.44 bits per heavy atom. The molecule has 1 aromatic rings. The minimum absolute atomic E-state index is 0.0897.